The summed E-state index contributed by atoms with van der Waals surface area (Å²) in [6, 6.07) is -0.304. The molecule has 1 aliphatic heterocycles. The zero-order chi connectivity index (χ0) is 11.4. The van der Waals surface area contributed by atoms with Crippen LogP contribution in [0.25, 0.3) is 0 Å². The molecule has 0 bridgehead atoms. The maximum atomic E-state index is 11.2. The van der Waals surface area contributed by atoms with E-state index < -0.39 is 6.23 Å². The van der Waals surface area contributed by atoms with E-state index >= 15 is 0 Å². The molecular formula is C11H22N2O2. The molecule has 0 spiro atoms. The van der Waals surface area contributed by atoms with Gasteiger partial charge in [0.15, 0.2) is 0 Å². The summed E-state index contributed by atoms with van der Waals surface area (Å²) in [5.74, 6) is 0.187. The standard InChI is InChI=1S/C11H22N2O2/c1-3-5-8-6-10(14)13(7-8)9(4-2)11(12)15/h8-10,14H,3-7H2,1-2H3,(H2,12,15). The highest BCUT2D eigenvalue weighted by molar-refractivity contribution is 5.79. The Balaban J connectivity index is 2.58. The third-order valence-corrected chi connectivity index (χ3v) is 3.21. The zero-order valence-corrected chi connectivity index (χ0v) is 9.65. The molecule has 3 N–H and O–H groups in total. The average molecular weight is 214 g/mol. The molecule has 3 unspecified atom stereocenters. The number of carbonyl (C=O) groups is 1. The highest BCUT2D eigenvalue weighted by Gasteiger charge is 2.36. The summed E-state index contributed by atoms with van der Waals surface area (Å²) in [4.78, 5) is 13.0. The summed E-state index contributed by atoms with van der Waals surface area (Å²) in [5.41, 5.74) is 5.32. The van der Waals surface area contributed by atoms with Crippen LogP contribution in [0, 0.1) is 5.92 Å². The highest BCUT2D eigenvalue weighted by Crippen LogP contribution is 2.27. The summed E-state index contributed by atoms with van der Waals surface area (Å²) in [6.45, 7) is 4.87. The molecule has 88 valence electrons. The molecule has 15 heavy (non-hydrogen) atoms. The maximum absolute atomic E-state index is 11.2. The molecule has 1 aliphatic rings. The van der Waals surface area contributed by atoms with E-state index in [2.05, 4.69) is 6.92 Å². The monoisotopic (exact) mass is 214 g/mol. The van der Waals surface area contributed by atoms with Crippen LogP contribution in [0.2, 0.25) is 0 Å². The molecule has 4 nitrogen and oxygen atoms in total. The third-order valence-electron chi connectivity index (χ3n) is 3.21. The van der Waals surface area contributed by atoms with Crippen LogP contribution < -0.4 is 5.73 Å². The summed E-state index contributed by atoms with van der Waals surface area (Å²) < 4.78 is 0. The van der Waals surface area contributed by atoms with E-state index in [1.54, 1.807) is 0 Å². The van der Waals surface area contributed by atoms with Crippen LogP contribution in [-0.2, 0) is 4.79 Å². The number of rotatable bonds is 5. The molecule has 1 saturated heterocycles. The molecule has 0 saturated carbocycles. The molecule has 1 fully saturated rings. The molecule has 0 radical (unpaired) electrons. The van der Waals surface area contributed by atoms with E-state index in [-0.39, 0.29) is 11.9 Å². The number of likely N-dealkylation sites (tertiary alicyclic amines) is 1. The second kappa shape index (κ2) is 5.47. The lowest BCUT2D eigenvalue weighted by Gasteiger charge is -2.27. The predicted molar refractivity (Wildman–Crippen MR) is 59.0 cm³/mol. The Morgan fingerprint density at radius 3 is 2.73 bits per heavy atom. The van der Waals surface area contributed by atoms with Gasteiger partial charge in [-0.1, -0.05) is 20.3 Å². The van der Waals surface area contributed by atoms with Gasteiger partial charge in [-0.3, -0.25) is 9.69 Å². The topological polar surface area (TPSA) is 66.6 Å². The molecule has 1 heterocycles. The van der Waals surface area contributed by atoms with Crippen LogP contribution in [0.3, 0.4) is 0 Å². The Hall–Kier alpha value is -0.610. The minimum atomic E-state index is -0.487. The number of nitrogens with zero attached hydrogens (tertiary/aromatic N) is 1. The first-order valence-electron chi connectivity index (χ1n) is 5.83. The number of aliphatic hydroxyl groups excluding tert-OH is 1. The molecule has 3 atom stereocenters. The van der Waals surface area contributed by atoms with Crippen LogP contribution in [0.15, 0.2) is 0 Å². The van der Waals surface area contributed by atoms with Gasteiger partial charge in [-0.15, -0.1) is 0 Å². The van der Waals surface area contributed by atoms with Crippen LogP contribution in [0.4, 0.5) is 0 Å². The number of nitrogens with two attached hydrogens (primary N) is 1. The molecule has 0 aromatic rings. The Bertz CT molecular complexity index is 221. The van der Waals surface area contributed by atoms with Crippen molar-refractivity contribution in [2.24, 2.45) is 11.7 Å². The molecule has 4 heteroatoms. The van der Waals surface area contributed by atoms with Crippen molar-refractivity contribution >= 4 is 5.91 Å². The normalized spacial score (nSPS) is 29.3. The van der Waals surface area contributed by atoms with Crippen molar-refractivity contribution in [3.05, 3.63) is 0 Å². The Morgan fingerprint density at radius 2 is 2.27 bits per heavy atom. The van der Waals surface area contributed by atoms with Gasteiger partial charge in [0.05, 0.1) is 6.04 Å². The van der Waals surface area contributed by atoms with Gasteiger partial charge in [0.2, 0.25) is 5.91 Å². The van der Waals surface area contributed by atoms with E-state index in [0.717, 1.165) is 25.8 Å². The molecule has 1 rings (SSSR count). The summed E-state index contributed by atoms with van der Waals surface area (Å²) in [5, 5.41) is 9.85. The van der Waals surface area contributed by atoms with Crippen LogP contribution >= 0.6 is 0 Å². The maximum Gasteiger partial charge on any atom is 0.234 e. The van der Waals surface area contributed by atoms with Gasteiger partial charge >= 0.3 is 0 Å². The Labute approximate surface area is 91.4 Å². The van der Waals surface area contributed by atoms with Crippen molar-refractivity contribution in [1.82, 2.24) is 4.90 Å². The molecule has 0 aromatic carbocycles. The second-order valence-corrected chi connectivity index (χ2v) is 4.39. The average Bonchev–Trinajstić information content (AvgIpc) is 2.49. The van der Waals surface area contributed by atoms with Crippen LogP contribution in [0.5, 0.6) is 0 Å². The third kappa shape index (κ3) is 2.92. The van der Waals surface area contributed by atoms with Gasteiger partial charge in [0, 0.05) is 6.54 Å². The fraction of sp³-hybridized carbons (Fsp3) is 0.909. The second-order valence-electron chi connectivity index (χ2n) is 4.39. The number of hydrogen-bond donors (Lipinski definition) is 2. The van der Waals surface area contributed by atoms with Crippen LogP contribution in [-0.4, -0.2) is 34.7 Å². The van der Waals surface area contributed by atoms with Crippen molar-refractivity contribution in [3.63, 3.8) is 0 Å². The summed E-state index contributed by atoms with van der Waals surface area (Å²) >= 11 is 0. The first-order chi connectivity index (χ1) is 7.10. The Kier molecular flexibility index (Phi) is 4.54. The van der Waals surface area contributed by atoms with E-state index in [1.807, 2.05) is 11.8 Å². The van der Waals surface area contributed by atoms with Gasteiger partial charge in [-0.25, -0.2) is 0 Å². The molecule has 0 aromatic heterocycles. The fourth-order valence-corrected chi connectivity index (χ4v) is 2.48. The Morgan fingerprint density at radius 1 is 1.60 bits per heavy atom. The smallest absolute Gasteiger partial charge is 0.234 e. The van der Waals surface area contributed by atoms with Gasteiger partial charge in [0.25, 0.3) is 0 Å². The molecule has 1 amide bonds. The quantitative estimate of drug-likeness (QED) is 0.707. The van der Waals surface area contributed by atoms with Crippen molar-refractivity contribution in [3.8, 4) is 0 Å². The van der Waals surface area contributed by atoms with Gasteiger partial charge in [-0.2, -0.15) is 0 Å². The summed E-state index contributed by atoms with van der Waals surface area (Å²) in [7, 11) is 0. The first kappa shape index (κ1) is 12.5. The van der Waals surface area contributed by atoms with E-state index in [1.165, 1.54) is 0 Å². The number of primary amides is 1. The van der Waals surface area contributed by atoms with Crippen molar-refractivity contribution < 1.29 is 9.90 Å². The van der Waals surface area contributed by atoms with E-state index in [4.69, 9.17) is 5.73 Å². The van der Waals surface area contributed by atoms with Crippen molar-refractivity contribution in [2.75, 3.05) is 6.54 Å². The number of hydrogen-bond acceptors (Lipinski definition) is 3. The van der Waals surface area contributed by atoms with Crippen LogP contribution in [0.1, 0.15) is 39.5 Å². The SMILES string of the molecule is CCCC1CC(O)N(C(CC)C(N)=O)C1. The number of aliphatic hydroxyl groups is 1. The zero-order valence-electron chi connectivity index (χ0n) is 9.65. The minimum Gasteiger partial charge on any atom is -0.378 e. The first-order valence-corrected chi connectivity index (χ1v) is 5.83. The van der Waals surface area contributed by atoms with Crippen molar-refractivity contribution in [2.45, 2.75) is 51.8 Å². The lowest BCUT2D eigenvalue weighted by Crippen LogP contribution is -2.46. The fourth-order valence-electron chi connectivity index (χ4n) is 2.48. The lowest BCUT2D eigenvalue weighted by atomic mass is 10.0. The molecule has 0 aliphatic carbocycles. The predicted octanol–water partition coefficient (Wildman–Crippen LogP) is 0.691. The largest absolute Gasteiger partial charge is 0.378 e. The number of carbonyl (C=O) groups excluding carboxylic acids is 1. The van der Waals surface area contributed by atoms with E-state index in [0.29, 0.717) is 12.3 Å². The molecular weight excluding hydrogens is 192 g/mol. The van der Waals surface area contributed by atoms with Gasteiger partial charge in [0.1, 0.15) is 6.23 Å². The van der Waals surface area contributed by atoms with E-state index in [9.17, 15) is 9.90 Å². The van der Waals surface area contributed by atoms with Gasteiger partial charge < -0.3 is 10.8 Å². The minimum absolute atomic E-state index is 0.304. The lowest BCUT2D eigenvalue weighted by molar-refractivity contribution is -0.126. The van der Waals surface area contributed by atoms with Gasteiger partial charge in [-0.05, 0) is 25.2 Å². The summed E-state index contributed by atoms with van der Waals surface area (Å²) in [6.07, 6.45) is 3.20. The highest BCUT2D eigenvalue weighted by atomic mass is 16.3. The van der Waals surface area contributed by atoms with Crippen molar-refractivity contribution in [1.29, 1.82) is 0 Å². The number of amides is 1.